The summed E-state index contributed by atoms with van der Waals surface area (Å²) in [5.41, 5.74) is 6.40. The molecule has 2 nitrogen and oxygen atoms in total. The average Bonchev–Trinajstić information content (AvgIpc) is 2.16. The summed E-state index contributed by atoms with van der Waals surface area (Å²) in [7, 11) is 1.93. The Morgan fingerprint density at radius 3 is 2.67 bits per heavy atom. The lowest BCUT2D eigenvalue weighted by Crippen LogP contribution is -2.42. The first-order valence-corrected chi connectivity index (χ1v) is 5.38. The Morgan fingerprint density at radius 2 is 2.07 bits per heavy atom. The number of anilines is 1. The van der Waals surface area contributed by atoms with Crippen molar-refractivity contribution in [3.8, 4) is 0 Å². The first-order chi connectivity index (χ1) is 7.16. The van der Waals surface area contributed by atoms with Crippen molar-refractivity contribution in [1.29, 1.82) is 0 Å². The van der Waals surface area contributed by atoms with Gasteiger partial charge in [0.25, 0.3) is 0 Å². The second kappa shape index (κ2) is 4.19. The van der Waals surface area contributed by atoms with E-state index in [0.717, 1.165) is 19.4 Å². The molecule has 1 aliphatic rings. The topological polar surface area (TPSA) is 29.3 Å². The molecule has 0 spiro atoms. The minimum Gasteiger partial charge on any atom is -0.372 e. The molecule has 2 N–H and O–H groups in total. The molecule has 0 amide bonds. The zero-order valence-electron chi connectivity index (χ0n) is 8.99. The van der Waals surface area contributed by atoms with E-state index >= 15 is 0 Å². The molecular weight excluding hydrogens is 191 g/mol. The quantitative estimate of drug-likeness (QED) is 0.823. The molecule has 1 aliphatic carbocycles. The van der Waals surface area contributed by atoms with Crippen LogP contribution in [0.3, 0.4) is 0 Å². The normalized spacial score (nSPS) is 24.7. The Balaban J connectivity index is 1.96. The van der Waals surface area contributed by atoms with Gasteiger partial charge in [-0.15, -0.1) is 0 Å². The Hall–Kier alpha value is -1.09. The molecule has 0 bridgehead atoms. The Kier molecular flexibility index (Phi) is 2.91. The molecule has 0 aliphatic heterocycles. The van der Waals surface area contributed by atoms with Gasteiger partial charge in [0.2, 0.25) is 0 Å². The number of hydrogen-bond donors (Lipinski definition) is 1. The van der Waals surface area contributed by atoms with Crippen molar-refractivity contribution in [3.05, 3.63) is 30.1 Å². The molecule has 82 valence electrons. The number of hydrogen-bond acceptors (Lipinski definition) is 2. The van der Waals surface area contributed by atoms with Crippen molar-refractivity contribution in [1.82, 2.24) is 0 Å². The molecule has 0 atom stereocenters. The third kappa shape index (κ3) is 2.29. The van der Waals surface area contributed by atoms with Crippen LogP contribution in [0.1, 0.15) is 12.8 Å². The molecule has 1 aromatic carbocycles. The van der Waals surface area contributed by atoms with E-state index < -0.39 is 0 Å². The Labute approximate surface area is 89.9 Å². The molecule has 0 radical (unpaired) electrons. The highest BCUT2D eigenvalue weighted by atomic mass is 19.1. The van der Waals surface area contributed by atoms with E-state index in [-0.39, 0.29) is 5.82 Å². The predicted octanol–water partition coefficient (Wildman–Crippen LogP) is 2.00. The number of para-hydroxylation sites is 1. The lowest BCUT2D eigenvalue weighted by Gasteiger charge is -2.36. The van der Waals surface area contributed by atoms with E-state index in [1.54, 1.807) is 6.07 Å². The highest BCUT2D eigenvalue weighted by Crippen LogP contribution is 2.28. The molecule has 0 heterocycles. The van der Waals surface area contributed by atoms with Crippen LogP contribution in [0.15, 0.2) is 24.3 Å². The van der Waals surface area contributed by atoms with Crippen molar-refractivity contribution in [2.45, 2.75) is 18.9 Å². The summed E-state index contributed by atoms with van der Waals surface area (Å²) in [6.07, 6.45) is 2.14. The van der Waals surface area contributed by atoms with Crippen molar-refractivity contribution in [2.75, 3.05) is 18.5 Å². The van der Waals surface area contributed by atoms with Gasteiger partial charge < -0.3 is 10.6 Å². The van der Waals surface area contributed by atoms with E-state index in [2.05, 4.69) is 0 Å². The van der Waals surface area contributed by atoms with Gasteiger partial charge in [-0.1, -0.05) is 12.1 Å². The maximum absolute atomic E-state index is 13.4. The summed E-state index contributed by atoms with van der Waals surface area (Å²) in [5.74, 6) is 0.480. The van der Waals surface area contributed by atoms with E-state index in [0.29, 0.717) is 17.6 Å². The zero-order chi connectivity index (χ0) is 10.8. The van der Waals surface area contributed by atoms with Gasteiger partial charge in [0.15, 0.2) is 0 Å². The molecule has 0 saturated heterocycles. The number of rotatable bonds is 3. The van der Waals surface area contributed by atoms with Gasteiger partial charge in [-0.2, -0.15) is 0 Å². The fraction of sp³-hybridized carbons (Fsp3) is 0.500. The van der Waals surface area contributed by atoms with Gasteiger partial charge in [-0.25, -0.2) is 4.39 Å². The average molecular weight is 208 g/mol. The second-order valence-corrected chi connectivity index (χ2v) is 4.43. The van der Waals surface area contributed by atoms with Gasteiger partial charge in [0, 0.05) is 19.6 Å². The first-order valence-electron chi connectivity index (χ1n) is 5.38. The lowest BCUT2D eigenvalue weighted by molar-refractivity contribution is 0.270. The summed E-state index contributed by atoms with van der Waals surface area (Å²) in [4.78, 5) is 1.98. The zero-order valence-corrected chi connectivity index (χ0v) is 8.99. The van der Waals surface area contributed by atoms with Crippen LogP contribution < -0.4 is 10.6 Å². The van der Waals surface area contributed by atoms with Crippen molar-refractivity contribution >= 4 is 5.69 Å². The van der Waals surface area contributed by atoms with Crippen LogP contribution in [0, 0.1) is 11.7 Å². The van der Waals surface area contributed by atoms with Crippen LogP contribution in [-0.2, 0) is 0 Å². The molecule has 3 heteroatoms. The standard InChI is InChI=1S/C12H17FN2/c1-15(8-9-6-10(14)7-9)12-5-3-2-4-11(12)13/h2-5,9-10H,6-8,14H2,1H3. The molecule has 1 aromatic rings. The predicted molar refractivity (Wildman–Crippen MR) is 60.4 cm³/mol. The summed E-state index contributed by atoms with van der Waals surface area (Å²) < 4.78 is 13.4. The Morgan fingerprint density at radius 1 is 1.40 bits per heavy atom. The molecule has 1 saturated carbocycles. The lowest BCUT2D eigenvalue weighted by atomic mass is 9.80. The fourth-order valence-electron chi connectivity index (χ4n) is 2.18. The highest BCUT2D eigenvalue weighted by molar-refractivity contribution is 5.46. The van der Waals surface area contributed by atoms with Crippen LogP contribution in [0.25, 0.3) is 0 Å². The maximum Gasteiger partial charge on any atom is 0.146 e. The fourth-order valence-corrected chi connectivity index (χ4v) is 2.18. The summed E-state index contributed by atoms with van der Waals surface area (Å²) >= 11 is 0. The summed E-state index contributed by atoms with van der Waals surface area (Å²) in [6, 6.07) is 7.25. The van der Waals surface area contributed by atoms with Gasteiger partial charge >= 0.3 is 0 Å². The van der Waals surface area contributed by atoms with Crippen LogP contribution >= 0.6 is 0 Å². The van der Waals surface area contributed by atoms with Crippen molar-refractivity contribution in [3.63, 3.8) is 0 Å². The van der Waals surface area contributed by atoms with E-state index in [1.165, 1.54) is 6.07 Å². The summed E-state index contributed by atoms with van der Waals surface area (Å²) in [5, 5.41) is 0. The highest BCUT2D eigenvalue weighted by Gasteiger charge is 2.27. The smallest absolute Gasteiger partial charge is 0.146 e. The molecule has 1 fully saturated rings. The SMILES string of the molecule is CN(CC1CC(N)C1)c1ccccc1F. The third-order valence-corrected chi connectivity index (χ3v) is 3.07. The number of nitrogens with zero attached hydrogens (tertiary/aromatic N) is 1. The minimum absolute atomic E-state index is 0.149. The molecule has 2 rings (SSSR count). The van der Waals surface area contributed by atoms with E-state index in [9.17, 15) is 4.39 Å². The second-order valence-electron chi connectivity index (χ2n) is 4.43. The molecular formula is C12H17FN2. The van der Waals surface area contributed by atoms with Gasteiger partial charge in [-0.3, -0.25) is 0 Å². The largest absolute Gasteiger partial charge is 0.372 e. The van der Waals surface area contributed by atoms with Gasteiger partial charge in [0.1, 0.15) is 5.82 Å². The Bertz CT molecular complexity index is 334. The van der Waals surface area contributed by atoms with E-state index in [4.69, 9.17) is 5.73 Å². The van der Waals surface area contributed by atoms with E-state index in [1.807, 2.05) is 24.1 Å². The number of nitrogens with two attached hydrogens (primary N) is 1. The number of halogens is 1. The first kappa shape index (κ1) is 10.4. The number of benzene rings is 1. The molecule has 0 unspecified atom stereocenters. The summed E-state index contributed by atoms with van der Waals surface area (Å²) in [6.45, 7) is 0.897. The monoisotopic (exact) mass is 208 g/mol. The van der Waals surface area contributed by atoms with Crippen molar-refractivity contribution < 1.29 is 4.39 Å². The maximum atomic E-state index is 13.4. The van der Waals surface area contributed by atoms with Crippen LogP contribution in [0.2, 0.25) is 0 Å². The molecule has 0 aromatic heterocycles. The van der Waals surface area contributed by atoms with Crippen molar-refractivity contribution in [2.24, 2.45) is 11.7 Å². The van der Waals surface area contributed by atoms with Gasteiger partial charge in [0.05, 0.1) is 5.69 Å². The van der Waals surface area contributed by atoms with Crippen LogP contribution in [0.5, 0.6) is 0 Å². The van der Waals surface area contributed by atoms with Crippen LogP contribution in [0.4, 0.5) is 10.1 Å². The third-order valence-electron chi connectivity index (χ3n) is 3.07. The van der Waals surface area contributed by atoms with Gasteiger partial charge in [-0.05, 0) is 30.9 Å². The molecule has 15 heavy (non-hydrogen) atoms. The minimum atomic E-state index is -0.149. The van der Waals surface area contributed by atoms with Crippen LogP contribution in [-0.4, -0.2) is 19.6 Å².